The minimum absolute atomic E-state index is 0.355. The molecule has 33 heavy (non-hydrogen) atoms. The van der Waals surface area contributed by atoms with Crippen LogP contribution in [0.15, 0.2) is 76.3 Å². The van der Waals surface area contributed by atoms with Crippen LogP contribution in [0.5, 0.6) is 11.5 Å². The van der Waals surface area contributed by atoms with E-state index in [2.05, 4.69) is 31.8 Å². The summed E-state index contributed by atoms with van der Waals surface area (Å²) in [4.78, 5) is 23.9. The number of carbonyl (C=O) groups is 2. The SMILES string of the molecule is CCOc1cc(/C=N\NC(=O)C(=O)Nc2ccc(Br)cc2)ccc1OCc1ccc(Cl)cc1. The van der Waals surface area contributed by atoms with E-state index in [1.54, 1.807) is 54.6 Å². The zero-order chi connectivity index (χ0) is 23.6. The van der Waals surface area contributed by atoms with E-state index in [-0.39, 0.29) is 0 Å². The lowest BCUT2D eigenvalue weighted by Crippen LogP contribution is -2.32. The van der Waals surface area contributed by atoms with E-state index in [1.165, 1.54) is 6.21 Å². The molecule has 0 unspecified atom stereocenters. The first-order chi connectivity index (χ1) is 15.9. The topological polar surface area (TPSA) is 89.0 Å². The molecule has 9 heteroatoms. The van der Waals surface area contributed by atoms with E-state index in [1.807, 2.05) is 19.1 Å². The van der Waals surface area contributed by atoms with Gasteiger partial charge in [-0.1, -0.05) is 39.7 Å². The molecule has 0 atom stereocenters. The standard InChI is InChI=1S/C24H21BrClN3O4/c1-2-32-22-13-17(5-12-21(22)33-15-16-3-8-19(26)9-4-16)14-27-29-24(31)23(30)28-20-10-6-18(25)7-11-20/h3-14H,2,15H2,1H3,(H,28,30)(H,29,31)/b27-14-. The third-order valence-electron chi connectivity index (χ3n) is 4.26. The van der Waals surface area contributed by atoms with Crippen LogP contribution in [-0.2, 0) is 16.2 Å². The van der Waals surface area contributed by atoms with Gasteiger partial charge in [-0.25, -0.2) is 5.43 Å². The summed E-state index contributed by atoms with van der Waals surface area (Å²) in [6, 6.07) is 19.5. The number of ether oxygens (including phenoxy) is 2. The molecule has 0 saturated heterocycles. The zero-order valence-electron chi connectivity index (χ0n) is 17.7. The van der Waals surface area contributed by atoms with Crippen LogP contribution >= 0.6 is 27.5 Å². The highest BCUT2D eigenvalue weighted by Gasteiger charge is 2.13. The van der Waals surface area contributed by atoms with Crippen LogP contribution in [0, 0.1) is 0 Å². The Hall–Kier alpha value is -3.36. The van der Waals surface area contributed by atoms with Gasteiger partial charge in [0.2, 0.25) is 0 Å². The van der Waals surface area contributed by atoms with Crippen LogP contribution in [-0.4, -0.2) is 24.6 Å². The summed E-state index contributed by atoms with van der Waals surface area (Å²) in [7, 11) is 0. The highest BCUT2D eigenvalue weighted by atomic mass is 79.9. The zero-order valence-corrected chi connectivity index (χ0v) is 20.0. The van der Waals surface area contributed by atoms with Gasteiger partial charge in [-0.15, -0.1) is 0 Å². The van der Waals surface area contributed by atoms with Crippen LogP contribution in [0.4, 0.5) is 5.69 Å². The monoisotopic (exact) mass is 529 g/mol. The molecule has 2 N–H and O–H groups in total. The Labute approximate surface area is 204 Å². The second-order valence-corrected chi connectivity index (χ2v) is 8.07. The minimum Gasteiger partial charge on any atom is -0.490 e. The van der Waals surface area contributed by atoms with Crippen molar-refractivity contribution in [3.8, 4) is 11.5 Å². The summed E-state index contributed by atoms with van der Waals surface area (Å²) < 4.78 is 12.4. The maximum Gasteiger partial charge on any atom is 0.329 e. The van der Waals surface area contributed by atoms with Gasteiger partial charge in [-0.05, 0) is 72.6 Å². The number of benzene rings is 3. The third kappa shape index (κ3) is 7.62. The normalized spacial score (nSPS) is 10.6. The predicted octanol–water partition coefficient (Wildman–Crippen LogP) is 5.17. The number of nitrogens with zero attached hydrogens (tertiary/aromatic N) is 1. The number of nitrogens with one attached hydrogen (secondary N) is 2. The highest BCUT2D eigenvalue weighted by molar-refractivity contribution is 9.10. The number of hydrogen-bond donors (Lipinski definition) is 2. The molecule has 7 nitrogen and oxygen atoms in total. The van der Waals surface area contributed by atoms with Crippen molar-refractivity contribution < 1.29 is 19.1 Å². The second-order valence-electron chi connectivity index (χ2n) is 6.71. The molecule has 0 bridgehead atoms. The summed E-state index contributed by atoms with van der Waals surface area (Å²) in [6.45, 7) is 2.67. The predicted molar refractivity (Wildman–Crippen MR) is 132 cm³/mol. The summed E-state index contributed by atoms with van der Waals surface area (Å²) in [5.74, 6) is -0.603. The lowest BCUT2D eigenvalue weighted by molar-refractivity contribution is -0.136. The van der Waals surface area contributed by atoms with E-state index in [0.717, 1.165) is 10.0 Å². The van der Waals surface area contributed by atoms with E-state index >= 15 is 0 Å². The smallest absolute Gasteiger partial charge is 0.329 e. The molecule has 3 aromatic carbocycles. The number of halogens is 2. The molecule has 0 spiro atoms. The summed E-state index contributed by atoms with van der Waals surface area (Å²) in [5.41, 5.74) is 4.33. The molecule has 0 aliphatic heterocycles. The number of carbonyl (C=O) groups excluding carboxylic acids is 2. The van der Waals surface area contributed by atoms with Gasteiger partial charge in [0, 0.05) is 15.2 Å². The van der Waals surface area contributed by atoms with Gasteiger partial charge in [0.25, 0.3) is 0 Å². The highest BCUT2D eigenvalue weighted by Crippen LogP contribution is 2.29. The second kappa shape index (κ2) is 12.0. The fraction of sp³-hybridized carbons (Fsp3) is 0.125. The van der Waals surface area contributed by atoms with Crippen LogP contribution in [0.2, 0.25) is 5.02 Å². The van der Waals surface area contributed by atoms with Gasteiger partial charge in [0.1, 0.15) is 6.61 Å². The third-order valence-corrected chi connectivity index (χ3v) is 5.04. The molecular formula is C24H21BrClN3O4. The molecule has 3 rings (SSSR count). The molecular weight excluding hydrogens is 510 g/mol. The van der Waals surface area contributed by atoms with Crippen molar-refractivity contribution in [2.24, 2.45) is 5.10 Å². The molecule has 0 radical (unpaired) electrons. The first-order valence-electron chi connectivity index (χ1n) is 9.98. The van der Waals surface area contributed by atoms with Crippen molar-refractivity contribution in [3.63, 3.8) is 0 Å². The van der Waals surface area contributed by atoms with Crippen molar-refractivity contribution in [1.82, 2.24) is 5.43 Å². The summed E-state index contributed by atoms with van der Waals surface area (Å²) in [6.07, 6.45) is 1.41. The maximum atomic E-state index is 12.0. The molecule has 3 aromatic rings. The van der Waals surface area contributed by atoms with E-state index in [9.17, 15) is 9.59 Å². The van der Waals surface area contributed by atoms with Gasteiger partial charge in [0.15, 0.2) is 11.5 Å². The lowest BCUT2D eigenvalue weighted by atomic mass is 10.2. The van der Waals surface area contributed by atoms with Gasteiger partial charge in [-0.3, -0.25) is 9.59 Å². The Balaban J connectivity index is 1.58. The summed E-state index contributed by atoms with van der Waals surface area (Å²) >= 11 is 9.22. The summed E-state index contributed by atoms with van der Waals surface area (Å²) in [5, 5.41) is 7.00. The van der Waals surface area contributed by atoms with Crippen molar-refractivity contribution in [3.05, 3.63) is 87.4 Å². The molecule has 0 saturated carbocycles. The maximum absolute atomic E-state index is 12.0. The van der Waals surface area contributed by atoms with Crippen molar-refractivity contribution in [1.29, 1.82) is 0 Å². The number of anilines is 1. The fourth-order valence-corrected chi connectivity index (χ4v) is 3.06. The molecule has 0 aromatic heterocycles. The van der Waals surface area contributed by atoms with Crippen molar-refractivity contribution in [2.75, 3.05) is 11.9 Å². The van der Waals surface area contributed by atoms with Crippen LogP contribution in [0.25, 0.3) is 0 Å². The number of hydrogen-bond acceptors (Lipinski definition) is 5. The molecule has 2 amide bonds. The molecule has 0 heterocycles. The van der Waals surface area contributed by atoms with Gasteiger partial charge in [0.05, 0.1) is 12.8 Å². The van der Waals surface area contributed by atoms with E-state index in [4.69, 9.17) is 21.1 Å². The average molecular weight is 531 g/mol. The molecule has 0 aliphatic rings. The largest absolute Gasteiger partial charge is 0.490 e. The first kappa shape index (κ1) is 24.3. The van der Waals surface area contributed by atoms with Gasteiger partial charge >= 0.3 is 11.8 Å². The minimum atomic E-state index is -0.887. The lowest BCUT2D eigenvalue weighted by Gasteiger charge is -2.12. The Morgan fingerprint density at radius 1 is 0.970 bits per heavy atom. The van der Waals surface area contributed by atoms with Crippen LogP contribution in [0.1, 0.15) is 18.1 Å². The van der Waals surface area contributed by atoms with E-state index < -0.39 is 11.8 Å². The number of rotatable bonds is 8. The quantitative estimate of drug-likeness (QED) is 0.239. The Kier molecular flexibility index (Phi) is 8.86. The first-order valence-corrected chi connectivity index (χ1v) is 11.2. The number of amides is 2. The van der Waals surface area contributed by atoms with Crippen LogP contribution in [0.3, 0.4) is 0 Å². The van der Waals surface area contributed by atoms with Gasteiger partial charge in [-0.2, -0.15) is 5.10 Å². The molecule has 0 fully saturated rings. The van der Waals surface area contributed by atoms with Crippen LogP contribution < -0.4 is 20.2 Å². The molecule has 0 aliphatic carbocycles. The molecule has 170 valence electrons. The average Bonchev–Trinajstić information content (AvgIpc) is 2.81. The van der Waals surface area contributed by atoms with Gasteiger partial charge < -0.3 is 14.8 Å². The fourth-order valence-electron chi connectivity index (χ4n) is 2.67. The van der Waals surface area contributed by atoms with E-state index in [0.29, 0.717) is 41.0 Å². The number of hydrazone groups is 1. The van der Waals surface area contributed by atoms with Crippen molar-refractivity contribution in [2.45, 2.75) is 13.5 Å². The van der Waals surface area contributed by atoms with Crippen molar-refractivity contribution >= 4 is 51.2 Å². The Morgan fingerprint density at radius 3 is 2.39 bits per heavy atom. The Bertz CT molecular complexity index is 1140. The Morgan fingerprint density at radius 2 is 1.70 bits per heavy atom.